The van der Waals surface area contributed by atoms with Crippen LogP contribution in [-0.2, 0) is 13.0 Å². The molecule has 2 amide bonds. The molecule has 128 valence electrons. The second kappa shape index (κ2) is 8.10. The molecule has 0 aliphatic carbocycles. The number of rotatable bonds is 6. The van der Waals surface area contributed by atoms with E-state index in [0.29, 0.717) is 25.1 Å². The molecule has 5 nitrogen and oxygen atoms in total. The standard InChI is InChI=1S/C19H19FN4O/c20-17-8-3-1-6-15(17)10-12-21-19(25)23-18-9-4-2-7-16(18)14-24-13-5-11-22-24/h1-9,11,13H,10,12,14H2,(H2,21,23,25). The molecule has 2 aromatic carbocycles. The van der Waals surface area contributed by atoms with Crippen molar-refractivity contribution in [2.24, 2.45) is 0 Å². The molecule has 3 rings (SSSR count). The van der Waals surface area contributed by atoms with Gasteiger partial charge in [-0.1, -0.05) is 36.4 Å². The molecule has 0 saturated carbocycles. The number of anilines is 1. The predicted octanol–water partition coefficient (Wildman–Crippen LogP) is 3.43. The van der Waals surface area contributed by atoms with E-state index in [9.17, 15) is 9.18 Å². The molecule has 0 atom stereocenters. The Bertz CT molecular complexity index is 833. The van der Waals surface area contributed by atoms with E-state index in [1.54, 1.807) is 29.1 Å². The van der Waals surface area contributed by atoms with Crippen molar-refractivity contribution in [1.82, 2.24) is 15.1 Å². The predicted molar refractivity (Wildman–Crippen MR) is 94.9 cm³/mol. The van der Waals surface area contributed by atoms with Crippen molar-refractivity contribution in [1.29, 1.82) is 0 Å². The quantitative estimate of drug-likeness (QED) is 0.723. The van der Waals surface area contributed by atoms with Crippen LogP contribution in [0.1, 0.15) is 11.1 Å². The lowest BCUT2D eigenvalue weighted by Crippen LogP contribution is -2.31. The summed E-state index contributed by atoms with van der Waals surface area (Å²) in [5.41, 5.74) is 2.26. The molecule has 6 heteroatoms. The van der Waals surface area contributed by atoms with Gasteiger partial charge in [0.05, 0.1) is 6.54 Å². The Balaban J connectivity index is 1.55. The van der Waals surface area contributed by atoms with E-state index in [-0.39, 0.29) is 11.8 Å². The zero-order valence-corrected chi connectivity index (χ0v) is 13.7. The molecular weight excluding hydrogens is 319 g/mol. The lowest BCUT2D eigenvalue weighted by Gasteiger charge is -2.12. The van der Waals surface area contributed by atoms with Gasteiger partial charge in [-0.3, -0.25) is 4.68 Å². The first-order valence-electron chi connectivity index (χ1n) is 8.06. The summed E-state index contributed by atoms with van der Waals surface area (Å²) >= 11 is 0. The SMILES string of the molecule is O=C(NCCc1ccccc1F)Nc1ccccc1Cn1cccn1. The number of hydrogen-bond acceptors (Lipinski definition) is 2. The van der Waals surface area contributed by atoms with Crippen molar-refractivity contribution < 1.29 is 9.18 Å². The van der Waals surface area contributed by atoms with Crippen LogP contribution in [0.3, 0.4) is 0 Å². The summed E-state index contributed by atoms with van der Waals surface area (Å²) in [6.45, 7) is 0.923. The highest BCUT2D eigenvalue weighted by atomic mass is 19.1. The van der Waals surface area contributed by atoms with Gasteiger partial charge in [0.15, 0.2) is 0 Å². The third-order valence-electron chi connectivity index (χ3n) is 3.79. The lowest BCUT2D eigenvalue weighted by molar-refractivity contribution is 0.252. The van der Waals surface area contributed by atoms with E-state index in [4.69, 9.17) is 0 Å². The first-order chi connectivity index (χ1) is 12.2. The number of hydrogen-bond donors (Lipinski definition) is 2. The molecule has 0 unspecified atom stereocenters. The largest absolute Gasteiger partial charge is 0.338 e. The van der Waals surface area contributed by atoms with Gasteiger partial charge >= 0.3 is 6.03 Å². The summed E-state index contributed by atoms with van der Waals surface area (Å²) in [6.07, 6.45) is 4.02. The van der Waals surface area contributed by atoms with Crippen LogP contribution >= 0.6 is 0 Å². The van der Waals surface area contributed by atoms with Crippen molar-refractivity contribution in [3.63, 3.8) is 0 Å². The zero-order chi connectivity index (χ0) is 17.5. The molecule has 0 aliphatic heterocycles. The number of carbonyl (C=O) groups excluding carboxylic acids is 1. The van der Waals surface area contributed by atoms with Crippen molar-refractivity contribution >= 4 is 11.7 Å². The minimum absolute atomic E-state index is 0.255. The van der Waals surface area contributed by atoms with Crippen LogP contribution in [0, 0.1) is 5.82 Å². The fourth-order valence-corrected chi connectivity index (χ4v) is 2.53. The van der Waals surface area contributed by atoms with E-state index < -0.39 is 0 Å². The molecule has 0 aliphatic rings. The van der Waals surface area contributed by atoms with Crippen molar-refractivity contribution in [3.05, 3.63) is 83.9 Å². The number of halogens is 1. The van der Waals surface area contributed by atoms with Crippen LogP contribution in [0.15, 0.2) is 67.0 Å². The Labute approximate surface area is 145 Å². The molecule has 3 aromatic rings. The Hall–Kier alpha value is -3.15. The first-order valence-corrected chi connectivity index (χ1v) is 8.06. The summed E-state index contributed by atoms with van der Waals surface area (Å²) in [5.74, 6) is -0.255. The minimum atomic E-state index is -0.316. The van der Waals surface area contributed by atoms with Gasteiger partial charge in [-0.15, -0.1) is 0 Å². The van der Waals surface area contributed by atoms with E-state index in [1.165, 1.54) is 6.07 Å². The molecule has 1 heterocycles. The maximum absolute atomic E-state index is 13.6. The first kappa shape index (κ1) is 16.7. The summed E-state index contributed by atoms with van der Waals surface area (Å²) < 4.78 is 15.3. The summed E-state index contributed by atoms with van der Waals surface area (Å²) in [5, 5.41) is 9.77. The van der Waals surface area contributed by atoms with Crippen molar-refractivity contribution in [2.75, 3.05) is 11.9 Å². The summed E-state index contributed by atoms with van der Waals surface area (Å²) in [7, 11) is 0. The molecular formula is C19H19FN4O. The Kier molecular flexibility index (Phi) is 5.41. The number of aromatic nitrogens is 2. The molecule has 25 heavy (non-hydrogen) atoms. The highest BCUT2D eigenvalue weighted by Gasteiger charge is 2.07. The average molecular weight is 338 g/mol. The third-order valence-corrected chi connectivity index (χ3v) is 3.79. The summed E-state index contributed by atoms with van der Waals surface area (Å²) in [6, 6.07) is 15.7. The van der Waals surface area contributed by atoms with Crippen molar-refractivity contribution in [3.8, 4) is 0 Å². The van der Waals surface area contributed by atoms with Gasteiger partial charge in [-0.2, -0.15) is 5.10 Å². The monoisotopic (exact) mass is 338 g/mol. The molecule has 1 aromatic heterocycles. The van der Waals surface area contributed by atoms with Crippen LogP contribution in [0.2, 0.25) is 0 Å². The van der Waals surface area contributed by atoms with Crippen LogP contribution in [0.5, 0.6) is 0 Å². The number of nitrogens with zero attached hydrogens (tertiary/aromatic N) is 2. The van der Waals surface area contributed by atoms with Gasteiger partial charge in [0, 0.05) is 24.6 Å². The van der Waals surface area contributed by atoms with Crippen LogP contribution in [0.25, 0.3) is 0 Å². The van der Waals surface area contributed by atoms with Gasteiger partial charge in [-0.25, -0.2) is 9.18 Å². The average Bonchev–Trinajstić information content (AvgIpc) is 3.11. The highest BCUT2D eigenvalue weighted by Crippen LogP contribution is 2.16. The van der Waals surface area contributed by atoms with Crippen molar-refractivity contribution in [2.45, 2.75) is 13.0 Å². The van der Waals surface area contributed by atoms with E-state index in [2.05, 4.69) is 15.7 Å². The number of benzene rings is 2. The van der Waals surface area contributed by atoms with Gasteiger partial charge in [0.25, 0.3) is 0 Å². The Morgan fingerprint density at radius 2 is 1.80 bits per heavy atom. The molecule has 2 N–H and O–H groups in total. The number of urea groups is 1. The molecule has 0 bridgehead atoms. The van der Waals surface area contributed by atoms with E-state index in [1.807, 2.05) is 36.5 Å². The van der Waals surface area contributed by atoms with Gasteiger partial charge in [0.1, 0.15) is 5.82 Å². The van der Waals surface area contributed by atoms with E-state index in [0.717, 1.165) is 11.3 Å². The maximum atomic E-state index is 13.6. The number of nitrogens with one attached hydrogen (secondary N) is 2. The Morgan fingerprint density at radius 3 is 2.56 bits per heavy atom. The molecule has 0 fully saturated rings. The minimum Gasteiger partial charge on any atom is -0.338 e. The third kappa shape index (κ3) is 4.67. The number of amides is 2. The highest BCUT2D eigenvalue weighted by molar-refractivity contribution is 5.90. The molecule has 0 radical (unpaired) electrons. The molecule has 0 spiro atoms. The number of carbonyl (C=O) groups is 1. The second-order valence-corrected chi connectivity index (χ2v) is 5.58. The van der Waals surface area contributed by atoms with Gasteiger partial charge < -0.3 is 10.6 Å². The summed E-state index contributed by atoms with van der Waals surface area (Å²) in [4.78, 5) is 12.1. The van der Waals surface area contributed by atoms with Crippen LogP contribution < -0.4 is 10.6 Å². The lowest BCUT2D eigenvalue weighted by atomic mass is 10.1. The zero-order valence-electron chi connectivity index (χ0n) is 13.7. The van der Waals surface area contributed by atoms with Crippen LogP contribution in [-0.4, -0.2) is 22.4 Å². The fraction of sp³-hybridized carbons (Fsp3) is 0.158. The second-order valence-electron chi connectivity index (χ2n) is 5.58. The smallest absolute Gasteiger partial charge is 0.319 e. The van der Waals surface area contributed by atoms with Gasteiger partial charge in [0.2, 0.25) is 0 Å². The number of para-hydroxylation sites is 1. The topological polar surface area (TPSA) is 59.0 Å². The molecule has 0 saturated heterocycles. The van der Waals surface area contributed by atoms with Gasteiger partial charge in [-0.05, 0) is 35.7 Å². The normalized spacial score (nSPS) is 10.4. The fourth-order valence-electron chi connectivity index (χ4n) is 2.53. The van der Waals surface area contributed by atoms with Crippen LogP contribution in [0.4, 0.5) is 14.9 Å². The Morgan fingerprint density at radius 1 is 1.04 bits per heavy atom. The van der Waals surface area contributed by atoms with E-state index >= 15 is 0 Å². The maximum Gasteiger partial charge on any atom is 0.319 e.